The first-order chi connectivity index (χ1) is 13.2. The Morgan fingerprint density at radius 1 is 1.14 bits per heavy atom. The minimum atomic E-state index is -0.672. The highest BCUT2D eigenvalue weighted by atomic mass is 35.5. The maximum Gasteiger partial charge on any atom is 0.261 e. The van der Waals surface area contributed by atoms with Crippen molar-refractivity contribution in [1.29, 1.82) is 0 Å². The number of halogens is 2. The van der Waals surface area contributed by atoms with Crippen LogP contribution in [-0.4, -0.2) is 36.4 Å². The summed E-state index contributed by atoms with van der Waals surface area (Å²) in [6.45, 7) is 5.63. The van der Waals surface area contributed by atoms with Crippen molar-refractivity contribution in [2.45, 2.75) is 33.4 Å². The summed E-state index contributed by atoms with van der Waals surface area (Å²) in [5.41, 5.74) is 2.83. The van der Waals surface area contributed by atoms with E-state index >= 15 is 0 Å². The van der Waals surface area contributed by atoms with Gasteiger partial charge in [-0.05, 0) is 55.7 Å². The monoisotopic (exact) mass is 422 g/mol. The predicted octanol–water partition coefficient (Wildman–Crippen LogP) is 4.15. The van der Waals surface area contributed by atoms with E-state index in [1.165, 1.54) is 11.9 Å². The molecule has 0 aromatic heterocycles. The van der Waals surface area contributed by atoms with E-state index in [2.05, 4.69) is 5.32 Å². The van der Waals surface area contributed by atoms with Gasteiger partial charge in [0.1, 0.15) is 11.8 Å². The lowest BCUT2D eigenvalue weighted by atomic mass is 10.1. The standard InChI is InChI=1S/C21H24Cl2N2O3/c1-13-6-5-7-19(14(13)2)28-12-20(26)25(15(3)21(27)24-4)11-16-8-9-17(22)18(23)10-16/h5-10,15H,11-12H2,1-4H3,(H,24,27). The highest BCUT2D eigenvalue weighted by Crippen LogP contribution is 2.24. The molecule has 28 heavy (non-hydrogen) atoms. The molecule has 0 spiro atoms. The Balaban J connectivity index is 2.19. The third-order valence-electron chi connectivity index (χ3n) is 4.66. The van der Waals surface area contributed by atoms with Gasteiger partial charge in [0.2, 0.25) is 5.91 Å². The van der Waals surface area contributed by atoms with E-state index in [0.29, 0.717) is 15.8 Å². The molecule has 0 fully saturated rings. The first kappa shape index (κ1) is 22.1. The quantitative estimate of drug-likeness (QED) is 0.728. The van der Waals surface area contributed by atoms with Crippen LogP contribution in [0.5, 0.6) is 5.75 Å². The molecule has 2 rings (SSSR count). The van der Waals surface area contributed by atoms with Crippen LogP contribution >= 0.6 is 23.2 Å². The summed E-state index contributed by atoms with van der Waals surface area (Å²) in [5, 5.41) is 3.40. The van der Waals surface area contributed by atoms with E-state index in [1.54, 1.807) is 25.1 Å². The van der Waals surface area contributed by atoms with E-state index in [9.17, 15) is 9.59 Å². The molecule has 0 radical (unpaired) electrons. The molecule has 1 unspecified atom stereocenters. The number of hydrogen-bond donors (Lipinski definition) is 1. The van der Waals surface area contributed by atoms with Crippen LogP contribution in [0.3, 0.4) is 0 Å². The van der Waals surface area contributed by atoms with Gasteiger partial charge < -0.3 is 15.0 Å². The van der Waals surface area contributed by atoms with E-state index in [4.69, 9.17) is 27.9 Å². The molecule has 2 aromatic carbocycles. The van der Waals surface area contributed by atoms with E-state index < -0.39 is 6.04 Å². The topological polar surface area (TPSA) is 58.6 Å². The van der Waals surface area contributed by atoms with Crippen molar-refractivity contribution >= 4 is 35.0 Å². The van der Waals surface area contributed by atoms with E-state index in [-0.39, 0.29) is 25.0 Å². The van der Waals surface area contributed by atoms with Gasteiger partial charge in [0.15, 0.2) is 6.61 Å². The molecule has 7 heteroatoms. The average molecular weight is 423 g/mol. The first-order valence-corrected chi connectivity index (χ1v) is 9.64. The number of amides is 2. The Morgan fingerprint density at radius 3 is 2.50 bits per heavy atom. The van der Waals surface area contributed by atoms with Gasteiger partial charge in [0.05, 0.1) is 10.0 Å². The molecule has 0 saturated carbocycles. The maximum absolute atomic E-state index is 12.9. The number of likely N-dealkylation sites (N-methyl/N-ethyl adjacent to an activating group) is 1. The summed E-state index contributed by atoms with van der Waals surface area (Å²) in [7, 11) is 1.53. The Bertz CT molecular complexity index is 871. The lowest BCUT2D eigenvalue weighted by Crippen LogP contribution is -2.48. The number of nitrogens with zero attached hydrogens (tertiary/aromatic N) is 1. The Morgan fingerprint density at radius 2 is 1.86 bits per heavy atom. The zero-order chi connectivity index (χ0) is 20.8. The van der Waals surface area contributed by atoms with Crippen molar-refractivity contribution in [3.05, 3.63) is 63.1 Å². The zero-order valence-corrected chi connectivity index (χ0v) is 17.9. The summed E-state index contributed by atoms with van der Waals surface area (Å²) < 4.78 is 5.73. The van der Waals surface area contributed by atoms with Crippen LogP contribution in [0.2, 0.25) is 10.0 Å². The summed E-state index contributed by atoms with van der Waals surface area (Å²) in [5.74, 6) is 0.0821. The van der Waals surface area contributed by atoms with Crippen molar-refractivity contribution in [2.24, 2.45) is 0 Å². The van der Waals surface area contributed by atoms with Crippen LogP contribution in [0, 0.1) is 13.8 Å². The second kappa shape index (κ2) is 9.80. The molecule has 0 aliphatic carbocycles. The summed E-state index contributed by atoms with van der Waals surface area (Å²) in [6.07, 6.45) is 0. The predicted molar refractivity (Wildman–Crippen MR) is 112 cm³/mol. The first-order valence-electron chi connectivity index (χ1n) is 8.88. The normalized spacial score (nSPS) is 11.6. The Hall–Kier alpha value is -2.24. The lowest BCUT2D eigenvalue weighted by molar-refractivity contribution is -0.142. The number of hydrogen-bond acceptors (Lipinski definition) is 3. The maximum atomic E-state index is 12.9. The van der Waals surface area contributed by atoms with E-state index in [1.807, 2.05) is 32.0 Å². The number of benzene rings is 2. The molecule has 0 bridgehead atoms. The fourth-order valence-electron chi connectivity index (χ4n) is 2.73. The lowest BCUT2D eigenvalue weighted by Gasteiger charge is -2.28. The largest absolute Gasteiger partial charge is 0.483 e. The fraction of sp³-hybridized carbons (Fsp3) is 0.333. The van der Waals surface area contributed by atoms with Crippen molar-refractivity contribution in [2.75, 3.05) is 13.7 Å². The smallest absolute Gasteiger partial charge is 0.261 e. The van der Waals surface area contributed by atoms with Crippen molar-refractivity contribution in [3.8, 4) is 5.75 Å². The SMILES string of the molecule is CNC(=O)C(C)N(Cc1ccc(Cl)c(Cl)c1)C(=O)COc1cccc(C)c1C. The van der Waals surface area contributed by atoms with Crippen LogP contribution in [-0.2, 0) is 16.1 Å². The van der Waals surface area contributed by atoms with Gasteiger partial charge >= 0.3 is 0 Å². The van der Waals surface area contributed by atoms with Gasteiger partial charge in [-0.2, -0.15) is 0 Å². The highest BCUT2D eigenvalue weighted by Gasteiger charge is 2.26. The molecule has 2 aromatic rings. The second-order valence-corrected chi connectivity index (χ2v) is 7.36. The van der Waals surface area contributed by atoms with Crippen molar-refractivity contribution in [3.63, 3.8) is 0 Å². The third-order valence-corrected chi connectivity index (χ3v) is 5.40. The number of ether oxygens (including phenoxy) is 1. The molecule has 0 aliphatic heterocycles. The third kappa shape index (κ3) is 5.40. The highest BCUT2D eigenvalue weighted by molar-refractivity contribution is 6.42. The molecular weight excluding hydrogens is 399 g/mol. The molecule has 1 N–H and O–H groups in total. The number of nitrogens with one attached hydrogen (secondary N) is 1. The minimum Gasteiger partial charge on any atom is -0.483 e. The average Bonchev–Trinajstić information content (AvgIpc) is 2.68. The summed E-state index contributed by atoms with van der Waals surface area (Å²) >= 11 is 12.0. The second-order valence-electron chi connectivity index (χ2n) is 6.55. The van der Waals surface area contributed by atoms with Gasteiger partial charge in [-0.1, -0.05) is 41.4 Å². The van der Waals surface area contributed by atoms with Crippen molar-refractivity contribution in [1.82, 2.24) is 10.2 Å². The van der Waals surface area contributed by atoms with E-state index in [0.717, 1.165) is 16.7 Å². The van der Waals surface area contributed by atoms with Gasteiger partial charge in [0, 0.05) is 13.6 Å². The molecule has 2 amide bonds. The number of carbonyl (C=O) groups excluding carboxylic acids is 2. The molecule has 150 valence electrons. The number of carbonyl (C=O) groups is 2. The number of rotatable bonds is 7. The van der Waals surface area contributed by atoms with Gasteiger partial charge in [0.25, 0.3) is 5.91 Å². The molecule has 1 atom stereocenters. The molecule has 0 aliphatic rings. The Kier molecular flexibility index (Phi) is 7.72. The summed E-state index contributed by atoms with van der Waals surface area (Å²) in [4.78, 5) is 26.5. The van der Waals surface area contributed by atoms with Crippen LogP contribution < -0.4 is 10.1 Å². The van der Waals surface area contributed by atoms with Gasteiger partial charge in [-0.25, -0.2) is 0 Å². The molecular formula is C21H24Cl2N2O3. The number of aryl methyl sites for hydroxylation is 1. The molecule has 0 saturated heterocycles. The van der Waals surface area contributed by atoms with Crippen LogP contribution in [0.15, 0.2) is 36.4 Å². The van der Waals surface area contributed by atoms with Crippen molar-refractivity contribution < 1.29 is 14.3 Å². The molecule has 5 nitrogen and oxygen atoms in total. The van der Waals surface area contributed by atoms with Gasteiger partial charge in [-0.3, -0.25) is 9.59 Å². The van der Waals surface area contributed by atoms with Crippen LogP contribution in [0.1, 0.15) is 23.6 Å². The molecule has 0 heterocycles. The van der Waals surface area contributed by atoms with Crippen LogP contribution in [0.25, 0.3) is 0 Å². The zero-order valence-electron chi connectivity index (χ0n) is 16.4. The minimum absolute atomic E-state index is 0.174. The van der Waals surface area contributed by atoms with Gasteiger partial charge in [-0.15, -0.1) is 0 Å². The fourth-order valence-corrected chi connectivity index (χ4v) is 3.05. The summed E-state index contributed by atoms with van der Waals surface area (Å²) in [6, 6.07) is 10.1. The van der Waals surface area contributed by atoms with Crippen LogP contribution in [0.4, 0.5) is 0 Å². The Labute approximate surface area is 175 Å².